The quantitative estimate of drug-likeness (QED) is 0.812. The Labute approximate surface area is 107 Å². The van der Waals surface area contributed by atoms with Crippen LogP contribution < -0.4 is 4.90 Å². The minimum absolute atomic E-state index is 1.11. The number of rotatable bonds is 2. The average molecular weight is 242 g/mol. The zero-order valence-electron chi connectivity index (χ0n) is 10.5. The molecule has 1 aromatic heterocycles. The molecule has 1 saturated heterocycles. The minimum atomic E-state index is 1.11. The van der Waals surface area contributed by atoms with E-state index in [4.69, 9.17) is 0 Å². The highest BCUT2D eigenvalue weighted by Crippen LogP contribution is 2.20. The Bertz CT molecular complexity index is 467. The van der Waals surface area contributed by atoms with Gasteiger partial charge in [-0.2, -0.15) is 0 Å². The third-order valence-electron chi connectivity index (χ3n) is 3.54. The van der Waals surface area contributed by atoms with Gasteiger partial charge in [-0.3, -0.25) is 4.57 Å². The predicted octanol–water partition coefficient (Wildman–Crippen LogP) is 2.65. The molecule has 0 spiro atoms. The van der Waals surface area contributed by atoms with Gasteiger partial charge >= 0.3 is 0 Å². The molecule has 94 valence electrons. The molecule has 1 aromatic carbocycles. The lowest BCUT2D eigenvalue weighted by atomic mass is 10.2. The van der Waals surface area contributed by atoms with E-state index in [0.29, 0.717) is 0 Å². The van der Waals surface area contributed by atoms with E-state index < -0.39 is 0 Å². The van der Waals surface area contributed by atoms with E-state index in [0.717, 1.165) is 5.69 Å². The molecule has 1 fully saturated rings. The molecule has 1 aliphatic heterocycles. The molecule has 4 heteroatoms. The highest BCUT2D eigenvalue weighted by molar-refractivity contribution is 5.50. The van der Waals surface area contributed by atoms with Crippen molar-refractivity contribution in [2.75, 3.05) is 18.0 Å². The first-order chi connectivity index (χ1) is 8.93. The summed E-state index contributed by atoms with van der Waals surface area (Å²) < 4.78 is 1.92. The van der Waals surface area contributed by atoms with E-state index in [-0.39, 0.29) is 0 Å². The Morgan fingerprint density at radius 2 is 1.28 bits per heavy atom. The second-order valence-electron chi connectivity index (χ2n) is 4.79. The average Bonchev–Trinajstić information content (AvgIpc) is 2.82. The molecular formula is C14H18N4. The van der Waals surface area contributed by atoms with Crippen LogP contribution in [0, 0.1) is 0 Å². The molecule has 0 bridgehead atoms. The topological polar surface area (TPSA) is 34.0 Å². The molecule has 0 atom stereocenters. The third-order valence-corrected chi connectivity index (χ3v) is 3.54. The Kier molecular flexibility index (Phi) is 3.26. The smallest absolute Gasteiger partial charge is 0.123 e. The van der Waals surface area contributed by atoms with E-state index >= 15 is 0 Å². The van der Waals surface area contributed by atoms with Crippen molar-refractivity contribution >= 4 is 5.69 Å². The van der Waals surface area contributed by atoms with Gasteiger partial charge in [0.25, 0.3) is 0 Å². The largest absolute Gasteiger partial charge is 0.372 e. The summed E-state index contributed by atoms with van der Waals surface area (Å²) in [6.07, 6.45) is 8.81. The van der Waals surface area contributed by atoms with Crippen LogP contribution in [-0.2, 0) is 0 Å². The monoisotopic (exact) mass is 242 g/mol. The minimum Gasteiger partial charge on any atom is -0.372 e. The Balaban J connectivity index is 1.78. The number of aromatic nitrogens is 3. The standard InChI is InChI=1S/C14H18N4/c1-2-4-10-17(9-3-1)13-5-7-14(8-6-13)18-11-15-16-12-18/h5-8,11-12H,1-4,9-10H2. The van der Waals surface area contributed by atoms with Gasteiger partial charge in [-0.25, -0.2) is 0 Å². The molecule has 4 nitrogen and oxygen atoms in total. The lowest BCUT2D eigenvalue weighted by Gasteiger charge is -2.22. The van der Waals surface area contributed by atoms with Gasteiger partial charge in [-0.1, -0.05) is 12.8 Å². The number of hydrogen-bond donors (Lipinski definition) is 0. The summed E-state index contributed by atoms with van der Waals surface area (Å²) in [6, 6.07) is 8.65. The van der Waals surface area contributed by atoms with Crippen molar-refractivity contribution in [1.82, 2.24) is 14.8 Å². The molecule has 18 heavy (non-hydrogen) atoms. The first-order valence-electron chi connectivity index (χ1n) is 6.63. The van der Waals surface area contributed by atoms with E-state index in [2.05, 4.69) is 39.4 Å². The van der Waals surface area contributed by atoms with E-state index in [1.54, 1.807) is 12.7 Å². The lowest BCUT2D eigenvalue weighted by molar-refractivity contribution is 0.726. The van der Waals surface area contributed by atoms with Gasteiger partial charge in [-0.05, 0) is 37.1 Å². The number of hydrogen-bond acceptors (Lipinski definition) is 3. The molecule has 2 heterocycles. The van der Waals surface area contributed by atoms with Crippen molar-refractivity contribution in [3.8, 4) is 5.69 Å². The van der Waals surface area contributed by atoms with Crippen molar-refractivity contribution in [2.24, 2.45) is 0 Å². The third kappa shape index (κ3) is 2.37. The van der Waals surface area contributed by atoms with Crippen LogP contribution in [0.25, 0.3) is 5.69 Å². The van der Waals surface area contributed by atoms with Crippen molar-refractivity contribution < 1.29 is 0 Å². The fraction of sp³-hybridized carbons (Fsp3) is 0.429. The van der Waals surface area contributed by atoms with Crippen molar-refractivity contribution in [3.05, 3.63) is 36.9 Å². The molecule has 0 saturated carbocycles. The second kappa shape index (κ2) is 5.21. The lowest BCUT2D eigenvalue weighted by Crippen LogP contribution is -2.23. The van der Waals surface area contributed by atoms with Crippen LogP contribution in [0.2, 0.25) is 0 Å². The van der Waals surface area contributed by atoms with Crippen molar-refractivity contribution in [2.45, 2.75) is 25.7 Å². The van der Waals surface area contributed by atoms with Crippen LogP contribution in [0.1, 0.15) is 25.7 Å². The molecule has 0 aliphatic carbocycles. The molecular weight excluding hydrogens is 224 g/mol. The Hall–Kier alpha value is -1.84. The molecule has 0 N–H and O–H groups in total. The van der Waals surface area contributed by atoms with Crippen LogP contribution >= 0.6 is 0 Å². The Morgan fingerprint density at radius 3 is 1.89 bits per heavy atom. The van der Waals surface area contributed by atoms with Gasteiger partial charge in [0.05, 0.1) is 0 Å². The highest BCUT2D eigenvalue weighted by atomic mass is 15.2. The van der Waals surface area contributed by atoms with E-state index in [9.17, 15) is 0 Å². The maximum atomic E-state index is 3.83. The maximum Gasteiger partial charge on any atom is 0.123 e. The van der Waals surface area contributed by atoms with Gasteiger partial charge in [0, 0.05) is 24.5 Å². The van der Waals surface area contributed by atoms with Gasteiger partial charge in [0.15, 0.2) is 0 Å². The normalized spacial score (nSPS) is 16.6. The molecule has 0 unspecified atom stereocenters. The fourth-order valence-electron chi connectivity index (χ4n) is 2.50. The molecule has 0 radical (unpaired) electrons. The van der Waals surface area contributed by atoms with Crippen LogP contribution in [0.5, 0.6) is 0 Å². The summed E-state index contributed by atoms with van der Waals surface area (Å²) in [6.45, 7) is 2.37. The molecule has 1 aliphatic rings. The summed E-state index contributed by atoms with van der Waals surface area (Å²) in [5.41, 5.74) is 2.44. The van der Waals surface area contributed by atoms with Crippen LogP contribution in [-0.4, -0.2) is 27.9 Å². The Morgan fingerprint density at radius 1 is 0.722 bits per heavy atom. The maximum absolute atomic E-state index is 3.83. The van der Waals surface area contributed by atoms with Gasteiger partial charge in [0.2, 0.25) is 0 Å². The van der Waals surface area contributed by atoms with E-state index in [1.807, 2.05) is 4.57 Å². The van der Waals surface area contributed by atoms with Crippen molar-refractivity contribution in [1.29, 1.82) is 0 Å². The van der Waals surface area contributed by atoms with Gasteiger partial charge in [-0.15, -0.1) is 10.2 Å². The van der Waals surface area contributed by atoms with Gasteiger partial charge < -0.3 is 4.90 Å². The van der Waals surface area contributed by atoms with Crippen LogP contribution in [0.3, 0.4) is 0 Å². The molecule has 3 rings (SSSR count). The van der Waals surface area contributed by atoms with Crippen LogP contribution in [0.15, 0.2) is 36.9 Å². The second-order valence-corrected chi connectivity index (χ2v) is 4.79. The number of anilines is 1. The zero-order valence-corrected chi connectivity index (χ0v) is 10.5. The zero-order chi connectivity index (χ0) is 12.2. The predicted molar refractivity (Wildman–Crippen MR) is 72.0 cm³/mol. The fourth-order valence-corrected chi connectivity index (χ4v) is 2.50. The first kappa shape index (κ1) is 11.3. The summed E-state index contributed by atoms with van der Waals surface area (Å²) in [4.78, 5) is 2.49. The van der Waals surface area contributed by atoms with Crippen LogP contribution in [0.4, 0.5) is 5.69 Å². The molecule has 0 amide bonds. The van der Waals surface area contributed by atoms with E-state index in [1.165, 1.54) is 44.5 Å². The summed E-state index contributed by atoms with van der Waals surface area (Å²) in [5, 5.41) is 7.65. The summed E-state index contributed by atoms with van der Waals surface area (Å²) >= 11 is 0. The first-order valence-corrected chi connectivity index (χ1v) is 6.63. The summed E-state index contributed by atoms with van der Waals surface area (Å²) in [5.74, 6) is 0. The summed E-state index contributed by atoms with van der Waals surface area (Å²) in [7, 11) is 0. The van der Waals surface area contributed by atoms with Gasteiger partial charge in [0.1, 0.15) is 12.7 Å². The SMILES string of the molecule is c1cc(-n2cnnc2)ccc1N1CCCCCC1. The highest BCUT2D eigenvalue weighted by Gasteiger charge is 2.09. The number of nitrogens with zero attached hydrogens (tertiary/aromatic N) is 4. The van der Waals surface area contributed by atoms with Crippen molar-refractivity contribution in [3.63, 3.8) is 0 Å². The number of benzene rings is 1. The molecule has 2 aromatic rings.